The summed E-state index contributed by atoms with van der Waals surface area (Å²) in [5.41, 5.74) is 4.70. The zero-order chi connectivity index (χ0) is 24.2. The minimum Gasteiger partial charge on any atom is -0.462 e. The molecule has 0 saturated carbocycles. The number of hydrogen-bond donors (Lipinski definition) is 2. The first kappa shape index (κ1) is 23.2. The number of carbonyl (C=O) groups excluding carboxylic acids is 3. The van der Waals surface area contributed by atoms with Gasteiger partial charge in [0.05, 0.1) is 24.3 Å². The smallest absolute Gasteiger partial charge is 0.338 e. The molecular formula is C26H28N4O4. The van der Waals surface area contributed by atoms with Gasteiger partial charge in [0.1, 0.15) is 11.9 Å². The number of nitrogens with one attached hydrogen (secondary N) is 2. The maximum Gasteiger partial charge on any atom is 0.338 e. The fourth-order valence-electron chi connectivity index (χ4n) is 3.92. The Labute approximate surface area is 198 Å². The van der Waals surface area contributed by atoms with Crippen molar-refractivity contribution in [1.29, 1.82) is 0 Å². The molecule has 1 aromatic heterocycles. The number of rotatable bonds is 8. The number of aryl methyl sites for hydroxylation is 2. The Morgan fingerprint density at radius 1 is 1.09 bits per heavy atom. The van der Waals surface area contributed by atoms with Crippen molar-refractivity contribution in [1.82, 2.24) is 9.78 Å². The van der Waals surface area contributed by atoms with E-state index in [9.17, 15) is 14.4 Å². The Morgan fingerprint density at radius 2 is 1.79 bits per heavy atom. The van der Waals surface area contributed by atoms with E-state index >= 15 is 0 Å². The Balaban J connectivity index is 1.43. The van der Waals surface area contributed by atoms with E-state index in [-0.39, 0.29) is 24.2 Å². The molecule has 8 heteroatoms. The zero-order valence-electron chi connectivity index (χ0n) is 19.6. The number of unbranched alkanes of at least 4 members (excludes halogenated alkanes) is 1. The molecule has 0 aliphatic carbocycles. The van der Waals surface area contributed by atoms with Crippen LogP contribution in [0.2, 0.25) is 0 Å². The highest BCUT2D eigenvalue weighted by Gasteiger charge is 2.36. The number of nitrogens with zero attached hydrogens (tertiary/aromatic N) is 2. The molecule has 1 aliphatic rings. The van der Waals surface area contributed by atoms with Crippen LogP contribution in [0.15, 0.2) is 48.5 Å². The van der Waals surface area contributed by atoms with Gasteiger partial charge < -0.3 is 15.4 Å². The van der Waals surface area contributed by atoms with Crippen molar-refractivity contribution < 1.29 is 19.1 Å². The van der Waals surface area contributed by atoms with E-state index < -0.39 is 6.04 Å². The third-order valence-corrected chi connectivity index (χ3v) is 5.78. The highest BCUT2D eigenvalue weighted by atomic mass is 16.5. The van der Waals surface area contributed by atoms with Gasteiger partial charge in [-0.2, -0.15) is 5.10 Å². The maximum absolute atomic E-state index is 12.7. The number of anilines is 2. The average molecular weight is 461 g/mol. The Hall–Kier alpha value is -3.94. The quantitative estimate of drug-likeness (QED) is 0.376. The summed E-state index contributed by atoms with van der Waals surface area (Å²) in [6, 6.07) is 13.8. The number of hydrogen-bond acceptors (Lipinski definition) is 5. The lowest BCUT2D eigenvalue weighted by molar-refractivity contribution is -0.123. The molecule has 0 bridgehead atoms. The van der Waals surface area contributed by atoms with E-state index in [0.29, 0.717) is 23.7 Å². The number of fused-ring (bicyclic) bond motifs is 1. The first-order chi connectivity index (χ1) is 16.4. The molecule has 0 fully saturated rings. The predicted octanol–water partition coefficient (Wildman–Crippen LogP) is 4.65. The topological polar surface area (TPSA) is 102 Å². The van der Waals surface area contributed by atoms with Gasteiger partial charge in [-0.1, -0.05) is 43.2 Å². The van der Waals surface area contributed by atoms with Gasteiger partial charge in [-0.3, -0.25) is 9.59 Å². The summed E-state index contributed by atoms with van der Waals surface area (Å²) in [5.74, 6) is -0.373. The van der Waals surface area contributed by atoms with Crippen LogP contribution >= 0.6 is 0 Å². The van der Waals surface area contributed by atoms with Crippen LogP contribution in [0.25, 0.3) is 11.1 Å². The van der Waals surface area contributed by atoms with E-state index in [1.165, 1.54) is 0 Å². The van der Waals surface area contributed by atoms with Crippen molar-refractivity contribution in [3.8, 4) is 11.1 Å². The van der Waals surface area contributed by atoms with Gasteiger partial charge in [-0.15, -0.1) is 0 Å². The summed E-state index contributed by atoms with van der Waals surface area (Å²) in [6.07, 6.45) is 1.71. The van der Waals surface area contributed by atoms with Crippen molar-refractivity contribution in [3.63, 3.8) is 0 Å². The van der Waals surface area contributed by atoms with Crippen molar-refractivity contribution in [2.75, 3.05) is 17.2 Å². The van der Waals surface area contributed by atoms with Gasteiger partial charge in [0.2, 0.25) is 5.91 Å². The van der Waals surface area contributed by atoms with Gasteiger partial charge >= 0.3 is 5.97 Å². The second-order valence-corrected chi connectivity index (χ2v) is 8.44. The molecule has 4 rings (SSSR count). The zero-order valence-corrected chi connectivity index (χ0v) is 19.6. The molecule has 0 saturated heterocycles. The van der Waals surface area contributed by atoms with E-state index in [1.807, 2.05) is 45.0 Å². The summed E-state index contributed by atoms with van der Waals surface area (Å²) < 4.78 is 6.79. The van der Waals surface area contributed by atoms with Gasteiger partial charge in [-0.25, -0.2) is 9.48 Å². The lowest BCUT2D eigenvalue weighted by Gasteiger charge is -2.10. The SMILES string of the molecule is CCCCOC(=O)c1ccc(NC(=O)CC2C(=O)Nc3c(-c4ccc(C)cc4)c(C)nn32)cc1. The Kier molecular flexibility index (Phi) is 6.77. The predicted molar refractivity (Wildman–Crippen MR) is 130 cm³/mol. The molecule has 2 heterocycles. The highest BCUT2D eigenvalue weighted by Crippen LogP contribution is 2.38. The van der Waals surface area contributed by atoms with Crippen LogP contribution in [0.5, 0.6) is 0 Å². The molecule has 2 aromatic carbocycles. The number of aromatic nitrogens is 2. The van der Waals surface area contributed by atoms with E-state index in [4.69, 9.17) is 4.74 Å². The molecule has 176 valence electrons. The molecule has 0 radical (unpaired) electrons. The van der Waals surface area contributed by atoms with Crippen molar-refractivity contribution in [2.24, 2.45) is 0 Å². The lowest BCUT2D eigenvalue weighted by Crippen LogP contribution is -2.23. The van der Waals surface area contributed by atoms with Crippen LogP contribution in [0.1, 0.15) is 53.8 Å². The molecule has 8 nitrogen and oxygen atoms in total. The number of ether oxygens (including phenoxy) is 1. The minimum absolute atomic E-state index is 0.0614. The molecule has 3 aromatic rings. The molecular weight excluding hydrogens is 432 g/mol. The Bertz CT molecular complexity index is 1210. The van der Waals surface area contributed by atoms with Crippen LogP contribution < -0.4 is 10.6 Å². The van der Waals surface area contributed by atoms with Crippen molar-refractivity contribution >= 4 is 29.3 Å². The van der Waals surface area contributed by atoms with Crippen LogP contribution in [0.4, 0.5) is 11.5 Å². The molecule has 2 amide bonds. The van der Waals surface area contributed by atoms with Crippen LogP contribution in [-0.4, -0.2) is 34.2 Å². The van der Waals surface area contributed by atoms with Gasteiger partial charge in [-0.05, 0) is 50.1 Å². The molecule has 1 aliphatic heterocycles. The molecule has 1 atom stereocenters. The first-order valence-electron chi connectivity index (χ1n) is 11.4. The highest BCUT2D eigenvalue weighted by molar-refractivity contribution is 6.04. The summed E-state index contributed by atoms with van der Waals surface area (Å²) in [7, 11) is 0. The second kappa shape index (κ2) is 9.91. The van der Waals surface area contributed by atoms with Crippen LogP contribution in [-0.2, 0) is 14.3 Å². The maximum atomic E-state index is 12.7. The van der Waals surface area contributed by atoms with Gasteiger partial charge in [0.25, 0.3) is 5.91 Å². The Morgan fingerprint density at radius 3 is 2.47 bits per heavy atom. The summed E-state index contributed by atoms with van der Waals surface area (Å²) in [5, 5.41) is 10.2. The first-order valence-corrected chi connectivity index (χ1v) is 11.4. The van der Waals surface area contributed by atoms with Gasteiger partial charge in [0.15, 0.2) is 0 Å². The molecule has 0 spiro atoms. The number of carbonyl (C=O) groups is 3. The van der Waals surface area contributed by atoms with Crippen molar-refractivity contribution in [3.05, 3.63) is 65.4 Å². The van der Waals surface area contributed by atoms with Gasteiger partial charge in [0, 0.05) is 11.3 Å². The van der Waals surface area contributed by atoms with E-state index in [1.54, 1.807) is 28.9 Å². The number of amides is 2. The fourth-order valence-corrected chi connectivity index (χ4v) is 3.92. The molecule has 2 N–H and O–H groups in total. The summed E-state index contributed by atoms with van der Waals surface area (Å²) >= 11 is 0. The third kappa shape index (κ3) is 4.85. The van der Waals surface area contributed by atoms with Crippen LogP contribution in [0.3, 0.4) is 0 Å². The fraction of sp³-hybridized carbons (Fsp3) is 0.308. The monoisotopic (exact) mass is 460 g/mol. The number of esters is 1. The number of benzene rings is 2. The average Bonchev–Trinajstić information content (AvgIpc) is 3.28. The van der Waals surface area contributed by atoms with Crippen LogP contribution in [0, 0.1) is 13.8 Å². The molecule has 34 heavy (non-hydrogen) atoms. The largest absolute Gasteiger partial charge is 0.462 e. The van der Waals surface area contributed by atoms with E-state index in [2.05, 4.69) is 15.7 Å². The van der Waals surface area contributed by atoms with E-state index in [0.717, 1.165) is 35.2 Å². The minimum atomic E-state index is -0.735. The normalized spacial score (nSPS) is 14.4. The lowest BCUT2D eigenvalue weighted by atomic mass is 10.0. The summed E-state index contributed by atoms with van der Waals surface area (Å²) in [4.78, 5) is 37.4. The molecule has 1 unspecified atom stereocenters. The standard InChI is InChI=1S/C26H28N4O4/c1-4-5-14-34-26(33)19-10-12-20(13-11-19)27-22(31)15-21-25(32)28-24-23(17(3)29-30(21)24)18-8-6-16(2)7-9-18/h6-13,21H,4-5,14-15H2,1-3H3,(H,27,31)(H,28,32). The van der Waals surface area contributed by atoms with Crippen molar-refractivity contribution in [2.45, 2.75) is 46.1 Å². The summed E-state index contributed by atoms with van der Waals surface area (Å²) in [6.45, 7) is 6.32. The third-order valence-electron chi connectivity index (χ3n) is 5.78. The second-order valence-electron chi connectivity index (χ2n) is 8.44.